The topological polar surface area (TPSA) is 43.8 Å². The third kappa shape index (κ3) is 4.31. The molecule has 4 saturated carbocycles. The van der Waals surface area contributed by atoms with E-state index >= 15 is 0 Å². The second kappa shape index (κ2) is 9.55. The number of anilines is 4. The Bertz CT molecular complexity index is 1230. The maximum atomic E-state index is 11.8. The Morgan fingerprint density at radius 3 is 1.68 bits per heavy atom. The van der Waals surface area contributed by atoms with Gasteiger partial charge in [-0.2, -0.15) is 0 Å². The molecule has 0 radical (unpaired) electrons. The first-order valence-corrected chi connectivity index (χ1v) is 14.1. The molecule has 4 aliphatic rings. The number of carboxylic acid groups (broad SMARTS) is 1. The molecule has 4 fully saturated rings. The van der Waals surface area contributed by atoms with Crippen molar-refractivity contribution in [2.45, 2.75) is 57.8 Å². The minimum Gasteiger partial charge on any atom is -0.478 e. The molecule has 4 nitrogen and oxygen atoms in total. The van der Waals surface area contributed by atoms with Crippen LogP contribution in [0.15, 0.2) is 72.8 Å². The zero-order valence-corrected chi connectivity index (χ0v) is 22.1. The predicted octanol–water partition coefficient (Wildman–Crippen LogP) is 8.17. The summed E-state index contributed by atoms with van der Waals surface area (Å²) in [6, 6.07) is 25.2. The van der Waals surface area contributed by atoms with Gasteiger partial charge in [0, 0.05) is 30.2 Å². The molecular formula is C33H38N2O2. The van der Waals surface area contributed by atoms with Crippen molar-refractivity contribution in [1.82, 2.24) is 0 Å². The van der Waals surface area contributed by atoms with Gasteiger partial charge in [-0.05, 0) is 130 Å². The predicted molar refractivity (Wildman–Crippen MR) is 151 cm³/mol. The number of para-hydroxylation sites is 1. The van der Waals surface area contributed by atoms with Crippen LogP contribution >= 0.6 is 0 Å². The molecule has 4 aliphatic carbocycles. The molecule has 1 N–H and O–H groups in total. The Labute approximate surface area is 220 Å². The molecule has 0 aliphatic heterocycles. The monoisotopic (exact) mass is 494 g/mol. The normalized spacial score (nSPS) is 25.7. The summed E-state index contributed by atoms with van der Waals surface area (Å²) in [5.74, 6) is 1.98. The van der Waals surface area contributed by atoms with E-state index in [2.05, 4.69) is 72.2 Å². The maximum absolute atomic E-state index is 11.8. The van der Waals surface area contributed by atoms with E-state index in [0.29, 0.717) is 17.5 Å². The van der Waals surface area contributed by atoms with Crippen molar-refractivity contribution in [3.63, 3.8) is 0 Å². The molecule has 4 bridgehead atoms. The second-order valence-electron chi connectivity index (χ2n) is 11.6. The van der Waals surface area contributed by atoms with Crippen molar-refractivity contribution in [2.24, 2.45) is 17.8 Å². The van der Waals surface area contributed by atoms with Crippen LogP contribution < -0.4 is 9.80 Å². The quantitative estimate of drug-likeness (QED) is 0.343. The third-order valence-electron chi connectivity index (χ3n) is 9.36. The molecule has 192 valence electrons. The fraction of sp³-hybridized carbons (Fsp3) is 0.424. The van der Waals surface area contributed by atoms with Crippen molar-refractivity contribution >= 4 is 28.7 Å². The number of carboxylic acids is 1. The highest BCUT2D eigenvalue weighted by Crippen LogP contribution is 2.60. The van der Waals surface area contributed by atoms with Crippen LogP contribution in [-0.4, -0.2) is 24.2 Å². The zero-order chi connectivity index (χ0) is 25.6. The Kier molecular flexibility index (Phi) is 6.22. The number of benzene rings is 3. The van der Waals surface area contributed by atoms with E-state index in [1.165, 1.54) is 44.2 Å². The van der Waals surface area contributed by atoms with Crippen molar-refractivity contribution in [3.05, 3.63) is 83.9 Å². The number of nitrogens with zero attached hydrogens (tertiary/aromatic N) is 2. The van der Waals surface area contributed by atoms with Crippen LogP contribution in [0.5, 0.6) is 0 Å². The molecule has 0 unspecified atom stereocenters. The summed E-state index contributed by atoms with van der Waals surface area (Å²) < 4.78 is 0. The highest BCUT2D eigenvalue weighted by atomic mass is 16.4. The van der Waals surface area contributed by atoms with Crippen LogP contribution in [0.2, 0.25) is 0 Å². The standard InChI is InChI=1S/C33H38N2O2/c1-3-34(27-11-9-26(10-12-27)33-20-23-17-24(21-33)19-25(18-23)22-33)28-13-15-29(16-14-28)35(4-2)31-8-6-5-7-30(31)32(36)37/h5-16,23-25H,3-4,17-22H2,1-2H3,(H,36,37). The molecule has 0 heterocycles. The van der Waals surface area contributed by atoms with Gasteiger partial charge in [0.25, 0.3) is 0 Å². The average Bonchev–Trinajstić information content (AvgIpc) is 2.90. The van der Waals surface area contributed by atoms with Gasteiger partial charge in [0.05, 0.1) is 11.3 Å². The van der Waals surface area contributed by atoms with Gasteiger partial charge in [0.15, 0.2) is 0 Å². The lowest BCUT2D eigenvalue weighted by Crippen LogP contribution is -2.48. The van der Waals surface area contributed by atoms with Gasteiger partial charge < -0.3 is 14.9 Å². The first-order valence-electron chi connectivity index (χ1n) is 14.1. The summed E-state index contributed by atoms with van der Waals surface area (Å²) in [7, 11) is 0. The van der Waals surface area contributed by atoms with E-state index in [9.17, 15) is 9.90 Å². The summed E-state index contributed by atoms with van der Waals surface area (Å²) in [5.41, 5.74) is 6.41. The van der Waals surface area contributed by atoms with Crippen LogP contribution in [0, 0.1) is 17.8 Å². The lowest BCUT2D eigenvalue weighted by Gasteiger charge is -2.57. The van der Waals surface area contributed by atoms with Crippen molar-refractivity contribution < 1.29 is 9.90 Å². The second-order valence-corrected chi connectivity index (χ2v) is 11.6. The minimum atomic E-state index is -0.903. The van der Waals surface area contributed by atoms with Crippen LogP contribution in [-0.2, 0) is 5.41 Å². The van der Waals surface area contributed by atoms with Crippen LogP contribution in [0.25, 0.3) is 0 Å². The third-order valence-corrected chi connectivity index (χ3v) is 9.36. The fourth-order valence-corrected chi connectivity index (χ4v) is 8.17. The smallest absolute Gasteiger partial charge is 0.337 e. The summed E-state index contributed by atoms with van der Waals surface area (Å²) in [5, 5.41) is 9.66. The van der Waals surface area contributed by atoms with Crippen molar-refractivity contribution in [3.8, 4) is 0 Å². The largest absolute Gasteiger partial charge is 0.478 e. The molecule has 7 rings (SSSR count). The summed E-state index contributed by atoms with van der Waals surface area (Å²) in [6.07, 6.45) is 8.64. The lowest BCUT2D eigenvalue weighted by molar-refractivity contribution is -0.00518. The number of carbonyl (C=O) groups is 1. The molecule has 0 saturated heterocycles. The summed E-state index contributed by atoms with van der Waals surface area (Å²) in [4.78, 5) is 16.2. The molecule has 4 heteroatoms. The van der Waals surface area contributed by atoms with Crippen LogP contribution in [0.3, 0.4) is 0 Å². The van der Waals surface area contributed by atoms with Gasteiger partial charge in [-0.1, -0.05) is 24.3 Å². The van der Waals surface area contributed by atoms with Gasteiger partial charge in [-0.3, -0.25) is 0 Å². The molecule has 0 amide bonds. The van der Waals surface area contributed by atoms with E-state index < -0.39 is 5.97 Å². The van der Waals surface area contributed by atoms with Gasteiger partial charge in [-0.25, -0.2) is 4.79 Å². The molecular weight excluding hydrogens is 456 g/mol. The first kappa shape index (κ1) is 24.1. The van der Waals surface area contributed by atoms with Gasteiger partial charge in [-0.15, -0.1) is 0 Å². The summed E-state index contributed by atoms with van der Waals surface area (Å²) >= 11 is 0. The average molecular weight is 495 g/mol. The molecule has 0 spiro atoms. The van der Waals surface area contributed by atoms with E-state index in [1.54, 1.807) is 17.7 Å². The number of aromatic carboxylic acids is 1. The number of hydrogen-bond acceptors (Lipinski definition) is 3. The number of hydrogen-bond donors (Lipinski definition) is 1. The molecule has 0 atom stereocenters. The lowest BCUT2D eigenvalue weighted by atomic mass is 9.48. The van der Waals surface area contributed by atoms with Gasteiger partial charge in [0.1, 0.15) is 0 Å². The van der Waals surface area contributed by atoms with Crippen molar-refractivity contribution in [2.75, 3.05) is 22.9 Å². The molecule has 0 aromatic heterocycles. The van der Waals surface area contributed by atoms with Crippen LogP contribution in [0.1, 0.15) is 68.3 Å². The van der Waals surface area contributed by atoms with E-state index in [4.69, 9.17) is 0 Å². The Balaban J connectivity index is 1.23. The van der Waals surface area contributed by atoms with E-state index in [-0.39, 0.29) is 0 Å². The van der Waals surface area contributed by atoms with E-state index in [0.717, 1.165) is 41.4 Å². The highest BCUT2D eigenvalue weighted by molar-refractivity contribution is 5.95. The summed E-state index contributed by atoms with van der Waals surface area (Å²) in [6.45, 7) is 5.82. The van der Waals surface area contributed by atoms with E-state index in [1.807, 2.05) is 12.1 Å². The van der Waals surface area contributed by atoms with Crippen molar-refractivity contribution in [1.29, 1.82) is 0 Å². The molecule has 3 aromatic carbocycles. The van der Waals surface area contributed by atoms with Gasteiger partial charge >= 0.3 is 5.97 Å². The van der Waals surface area contributed by atoms with Gasteiger partial charge in [0.2, 0.25) is 0 Å². The number of rotatable bonds is 8. The van der Waals surface area contributed by atoms with Crippen LogP contribution in [0.4, 0.5) is 22.7 Å². The Hall–Kier alpha value is -3.27. The zero-order valence-electron chi connectivity index (χ0n) is 22.1. The first-order chi connectivity index (χ1) is 18.0. The fourth-order valence-electron chi connectivity index (χ4n) is 8.17. The molecule has 3 aromatic rings. The Morgan fingerprint density at radius 1 is 0.730 bits per heavy atom. The SMILES string of the molecule is CCN(c1ccc(N(CC)c2ccccc2C(=O)O)cc1)c1ccc(C23CC4CC(CC(C4)C2)C3)cc1. The minimum absolute atomic E-state index is 0.322. The maximum Gasteiger partial charge on any atom is 0.337 e. The molecule has 37 heavy (non-hydrogen) atoms. The highest BCUT2D eigenvalue weighted by Gasteiger charge is 2.51. The Morgan fingerprint density at radius 2 is 1.19 bits per heavy atom.